The molecule has 266 valence electrons. The minimum Gasteiger partial charge on any atom is -0.496 e. The van der Waals surface area contributed by atoms with Gasteiger partial charge in [0, 0.05) is 30.3 Å². The highest BCUT2D eigenvalue weighted by atomic mass is 16.6. The largest absolute Gasteiger partial charge is 0.496 e. The van der Waals surface area contributed by atoms with Crippen LogP contribution in [-0.4, -0.2) is 80.7 Å². The van der Waals surface area contributed by atoms with Crippen molar-refractivity contribution in [3.05, 3.63) is 54.1 Å². The summed E-state index contributed by atoms with van der Waals surface area (Å²) in [7, 11) is 1.73. The average Bonchev–Trinajstić information content (AvgIpc) is 3.59. The Morgan fingerprint density at radius 1 is 0.980 bits per heavy atom. The average molecular weight is 683 g/mol. The number of anilines is 1. The number of aliphatic hydroxyl groups excluding tert-OH is 1. The zero-order valence-corrected chi connectivity index (χ0v) is 29.4. The summed E-state index contributed by atoms with van der Waals surface area (Å²) in [4.78, 5) is 40.0. The maximum Gasteiger partial charge on any atom is 0.410 e. The van der Waals surface area contributed by atoms with Gasteiger partial charge in [-0.2, -0.15) is 5.10 Å². The molecule has 50 heavy (non-hydrogen) atoms. The van der Waals surface area contributed by atoms with Crippen LogP contribution in [0, 0.1) is 18.3 Å². The van der Waals surface area contributed by atoms with E-state index in [2.05, 4.69) is 46.1 Å². The number of hydrogen-bond acceptors (Lipinski definition) is 8. The van der Waals surface area contributed by atoms with Gasteiger partial charge in [0.25, 0.3) is 0 Å². The Bertz CT molecular complexity index is 1700. The maximum atomic E-state index is 14.6. The number of aryl methyl sites for hydroxylation is 1. The lowest BCUT2D eigenvalue weighted by Crippen LogP contribution is -2.54. The highest BCUT2D eigenvalue weighted by Gasteiger charge is 2.51. The third-order valence-electron chi connectivity index (χ3n) is 12.9. The van der Waals surface area contributed by atoms with Crippen LogP contribution in [0.15, 0.2) is 43.0 Å². The van der Waals surface area contributed by atoms with Gasteiger partial charge in [-0.05, 0) is 118 Å². The van der Waals surface area contributed by atoms with Gasteiger partial charge in [0.15, 0.2) is 0 Å². The highest BCUT2D eigenvalue weighted by Crippen LogP contribution is 2.58. The number of carbonyl (C=O) groups excluding carboxylic acids is 2. The van der Waals surface area contributed by atoms with Crippen LogP contribution in [0.25, 0.3) is 11.3 Å². The Kier molecular flexibility index (Phi) is 8.81. The third kappa shape index (κ3) is 6.26. The summed E-state index contributed by atoms with van der Waals surface area (Å²) < 4.78 is 13.4. The number of ether oxygens (including phenoxy) is 2. The van der Waals surface area contributed by atoms with Crippen LogP contribution < -0.4 is 9.64 Å². The summed E-state index contributed by atoms with van der Waals surface area (Å²) in [6.45, 7) is 3.42. The van der Waals surface area contributed by atoms with E-state index in [1.807, 2.05) is 17.2 Å². The molecule has 1 N–H and O–H groups in total. The first-order valence-electron chi connectivity index (χ1n) is 18.7. The summed E-state index contributed by atoms with van der Waals surface area (Å²) in [5.74, 6) is 1.53. The number of amides is 2. The van der Waals surface area contributed by atoms with Crippen molar-refractivity contribution in [2.24, 2.45) is 11.3 Å². The molecule has 11 nitrogen and oxygen atoms in total. The molecule has 6 aliphatic rings. The number of hydrogen-bond donors (Lipinski definition) is 1. The van der Waals surface area contributed by atoms with E-state index in [9.17, 15) is 14.7 Å². The van der Waals surface area contributed by atoms with E-state index in [1.54, 1.807) is 13.4 Å². The van der Waals surface area contributed by atoms with Gasteiger partial charge in [-0.15, -0.1) is 0 Å². The number of β-amino-alcohol motifs (C(OH)–C–C–N with tert-alkyl or cyclic N) is 1. The van der Waals surface area contributed by atoms with Crippen LogP contribution >= 0.6 is 0 Å². The Hall–Kier alpha value is -3.99. The molecule has 0 radical (unpaired) electrons. The number of nitrogens with zero attached hydrogens (tertiary/aromatic N) is 6. The molecule has 2 aromatic heterocycles. The fourth-order valence-electron chi connectivity index (χ4n) is 9.19. The van der Waals surface area contributed by atoms with Crippen LogP contribution in [-0.2, 0) is 14.9 Å². The van der Waals surface area contributed by atoms with Crippen molar-refractivity contribution >= 4 is 17.8 Å². The first-order valence-corrected chi connectivity index (χ1v) is 18.7. The van der Waals surface area contributed by atoms with E-state index in [1.165, 1.54) is 22.4 Å². The molecule has 2 bridgehead atoms. The van der Waals surface area contributed by atoms with Gasteiger partial charge in [0.2, 0.25) is 5.91 Å². The van der Waals surface area contributed by atoms with Crippen LogP contribution in [0.4, 0.5) is 10.6 Å². The molecule has 6 fully saturated rings. The van der Waals surface area contributed by atoms with Gasteiger partial charge in [-0.1, -0.05) is 12.1 Å². The molecule has 0 unspecified atom stereocenters. The fourth-order valence-corrected chi connectivity index (χ4v) is 9.19. The predicted molar refractivity (Wildman–Crippen MR) is 188 cm³/mol. The molecule has 9 rings (SSSR count). The number of rotatable bonds is 9. The first kappa shape index (κ1) is 33.2. The lowest BCUT2D eigenvalue weighted by atomic mass is 9.51. The number of aromatic nitrogens is 4. The summed E-state index contributed by atoms with van der Waals surface area (Å²) in [6.07, 6.45) is 17.2. The van der Waals surface area contributed by atoms with Crippen molar-refractivity contribution in [2.75, 3.05) is 31.6 Å². The number of aliphatic hydroxyl groups is 1. The summed E-state index contributed by atoms with van der Waals surface area (Å²) in [6, 6.07) is 9.13. The molecule has 1 saturated heterocycles. The second kappa shape index (κ2) is 13.3. The second-order valence-corrected chi connectivity index (χ2v) is 15.9. The Balaban J connectivity index is 1.01. The van der Waals surface area contributed by atoms with E-state index in [-0.39, 0.29) is 34.9 Å². The molecule has 11 heteroatoms. The zero-order chi connectivity index (χ0) is 34.5. The molecule has 5 aliphatic carbocycles. The van der Waals surface area contributed by atoms with Crippen molar-refractivity contribution < 1.29 is 24.2 Å². The Morgan fingerprint density at radius 3 is 2.36 bits per heavy atom. The Labute approximate surface area is 294 Å². The predicted octanol–water partition coefficient (Wildman–Crippen LogP) is 6.38. The molecule has 3 heterocycles. The molecular formula is C39H50N6O5. The van der Waals surface area contributed by atoms with Gasteiger partial charge < -0.3 is 19.5 Å². The summed E-state index contributed by atoms with van der Waals surface area (Å²) in [5.41, 5.74) is 4.54. The number of fused-ring (bicyclic) bond motifs is 3. The standard InChI is InChI=1S/C39H50N6O5/c1-26-18-29(8-11-34(26)49-2)39-15-12-38(13-16-39,14-17-39)24-44(35-19-33(40-25-41-35)28-20-42-45(21-28)30-4-3-5-30)36(47)27-6-9-32(10-7-27)50-37(48)43-22-31(46)23-43/h8,11,18-21,25,27,30-32,46H,3-7,9-10,12-17,22-24H2,1-2H3. The van der Waals surface area contributed by atoms with E-state index >= 15 is 0 Å². The minimum atomic E-state index is -0.459. The first-order chi connectivity index (χ1) is 24.2. The number of methoxy groups -OCH3 is 1. The van der Waals surface area contributed by atoms with E-state index < -0.39 is 6.10 Å². The quantitative estimate of drug-likeness (QED) is 0.276. The molecule has 0 atom stereocenters. The second-order valence-electron chi connectivity index (χ2n) is 15.9. The number of carbonyl (C=O) groups is 2. The van der Waals surface area contributed by atoms with Gasteiger partial charge in [0.05, 0.1) is 44.2 Å². The van der Waals surface area contributed by atoms with Crippen LogP contribution in [0.1, 0.15) is 101 Å². The number of likely N-dealkylation sites (tertiary alicyclic amines) is 1. The topological polar surface area (TPSA) is 123 Å². The van der Waals surface area contributed by atoms with E-state index in [0.29, 0.717) is 57.2 Å². The highest BCUT2D eigenvalue weighted by molar-refractivity contribution is 5.94. The normalized spacial score (nSPS) is 28.1. The van der Waals surface area contributed by atoms with Crippen molar-refractivity contribution in [3.8, 4) is 17.0 Å². The zero-order valence-electron chi connectivity index (χ0n) is 29.4. The lowest BCUT2D eigenvalue weighted by molar-refractivity contribution is -0.124. The van der Waals surface area contributed by atoms with Gasteiger partial charge in [0.1, 0.15) is 24.0 Å². The maximum absolute atomic E-state index is 14.6. The Morgan fingerprint density at radius 2 is 1.72 bits per heavy atom. The lowest BCUT2D eigenvalue weighted by Gasteiger charge is -2.55. The molecule has 0 spiro atoms. The van der Waals surface area contributed by atoms with Crippen molar-refractivity contribution in [1.82, 2.24) is 24.6 Å². The van der Waals surface area contributed by atoms with E-state index in [4.69, 9.17) is 14.5 Å². The number of benzene rings is 1. The van der Waals surface area contributed by atoms with Gasteiger partial charge >= 0.3 is 6.09 Å². The van der Waals surface area contributed by atoms with Gasteiger partial charge in [-0.25, -0.2) is 14.8 Å². The third-order valence-corrected chi connectivity index (χ3v) is 12.9. The summed E-state index contributed by atoms with van der Waals surface area (Å²) >= 11 is 0. The molecule has 1 aromatic carbocycles. The minimum absolute atomic E-state index is 0.0354. The van der Waals surface area contributed by atoms with Crippen LogP contribution in [0.5, 0.6) is 5.75 Å². The SMILES string of the molecule is COc1ccc(C23CCC(CN(C(=O)C4CCC(OC(=O)N5CC(O)C5)CC4)c4cc(-c5cnn(C6CCC6)c5)ncn4)(CC2)CC3)cc1C. The monoisotopic (exact) mass is 682 g/mol. The molecule has 1 aliphatic heterocycles. The molecule has 3 aromatic rings. The van der Waals surface area contributed by atoms with Crippen molar-refractivity contribution in [1.29, 1.82) is 0 Å². The summed E-state index contributed by atoms with van der Waals surface area (Å²) in [5, 5.41) is 14.2. The van der Waals surface area contributed by atoms with Crippen LogP contribution in [0.2, 0.25) is 0 Å². The van der Waals surface area contributed by atoms with Crippen LogP contribution in [0.3, 0.4) is 0 Å². The molecular weight excluding hydrogens is 632 g/mol. The van der Waals surface area contributed by atoms with Crippen molar-refractivity contribution in [3.63, 3.8) is 0 Å². The molecule has 2 amide bonds. The van der Waals surface area contributed by atoms with E-state index in [0.717, 1.165) is 68.4 Å². The van der Waals surface area contributed by atoms with Crippen molar-refractivity contribution in [2.45, 2.75) is 114 Å². The smallest absolute Gasteiger partial charge is 0.410 e. The van der Waals surface area contributed by atoms with Gasteiger partial charge in [-0.3, -0.25) is 14.4 Å². The fraction of sp³-hybridized carbons (Fsp3) is 0.615. The molecule has 5 saturated carbocycles.